The van der Waals surface area contributed by atoms with E-state index >= 15 is 0 Å². The van der Waals surface area contributed by atoms with Crippen molar-refractivity contribution in [3.8, 4) is 0 Å². The second-order valence-corrected chi connectivity index (χ2v) is 14.4. The zero-order chi connectivity index (χ0) is 32.1. The summed E-state index contributed by atoms with van der Waals surface area (Å²) in [5.74, 6) is -2.55. The van der Waals surface area contributed by atoms with Crippen LogP contribution >= 0.6 is 0 Å². The van der Waals surface area contributed by atoms with E-state index in [1.54, 1.807) is 52.7 Å². The van der Waals surface area contributed by atoms with Crippen molar-refractivity contribution >= 4 is 11.9 Å². The molecule has 5 aliphatic carbocycles. The molecule has 1 saturated heterocycles. The molecule has 1 spiro atoms. The van der Waals surface area contributed by atoms with Gasteiger partial charge in [-0.2, -0.15) is 0 Å². The van der Waals surface area contributed by atoms with Crippen molar-refractivity contribution in [1.29, 1.82) is 0 Å². The van der Waals surface area contributed by atoms with Crippen molar-refractivity contribution in [1.82, 2.24) is 4.90 Å². The number of hydrogen-bond donors (Lipinski definition) is 2. The van der Waals surface area contributed by atoms with Crippen molar-refractivity contribution in [3.63, 3.8) is 0 Å². The highest BCUT2D eigenvalue weighted by Gasteiger charge is 2.90. The van der Waals surface area contributed by atoms with Gasteiger partial charge >= 0.3 is 11.9 Å². The van der Waals surface area contributed by atoms with Crippen LogP contribution in [0.4, 0.5) is 0 Å². The number of nitrogens with zero attached hydrogens (tertiary/aromatic N) is 1. The molecule has 0 amide bonds. The maximum absolute atomic E-state index is 13.7. The molecule has 45 heavy (non-hydrogen) atoms. The Morgan fingerprint density at radius 1 is 1.00 bits per heavy atom. The number of aliphatic hydroxyl groups is 2. The van der Waals surface area contributed by atoms with Crippen LogP contribution in [0.5, 0.6) is 0 Å². The molecule has 0 aromatic heterocycles. The fourth-order valence-electron chi connectivity index (χ4n) is 12.2. The Balaban J connectivity index is 1.50. The number of carbonyl (C=O) groups is 2. The lowest BCUT2D eigenvalue weighted by Crippen LogP contribution is -2.79. The number of carbonyl (C=O) groups excluding carboxylic acids is 2. The molecule has 6 aliphatic rings. The lowest BCUT2D eigenvalue weighted by atomic mass is 9.42. The normalized spacial score (nSPS) is 49.1. The Labute approximate surface area is 264 Å². The number of methoxy groups -OCH3 is 4. The zero-order valence-electron chi connectivity index (χ0n) is 27.0. The highest BCUT2D eigenvalue weighted by atomic mass is 16.6. The first-order valence-electron chi connectivity index (χ1n) is 16.2. The average molecular weight is 630 g/mol. The molecule has 7 bridgehead atoms. The molecule has 248 valence electrons. The predicted molar refractivity (Wildman–Crippen MR) is 159 cm³/mol. The van der Waals surface area contributed by atoms with Crippen LogP contribution in [0, 0.1) is 34.5 Å². The Morgan fingerprint density at radius 3 is 2.31 bits per heavy atom. The molecule has 7 rings (SSSR count). The first-order valence-corrected chi connectivity index (χ1v) is 16.2. The summed E-state index contributed by atoms with van der Waals surface area (Å²) in [5, 5.41) is 24.8. The number of aliphatic hydroxyl groups excluding tert-OH is 1. The summed E-state index contributed by atoms with van der Waals surface area (Å²) in [4.78, 5) is 29.3. The van der Waals surface area contributed by atoms with Gasteiger partial charge in [0.05, 0.1) is 36.6 Å². The van der Waals surface area contributed by atoms with Crippen molar-refractivity contribution in [2.75, 3.05) is 48.1 Å². The number of piperidine rings is 1. The highest BCUT2D eigenvalue weighted by molar-refractivity contribution is 5.89. The van der Waals surface area contributed by atoms with E-state index < -0.39 is 76.3 Å². The van der Waals surface area contributed by atoms with Gasteiger partial charge in [-0.3, -0.25) is 9.69 Å². The molecule has 11 nitrogen and oxygen atoms in total. The number of fused-ring (bicyclic) bond motifs is 2. The minimum Gasteiger partial charge on any atom is -0.458 e. The molecule has 6 fully saturated rings. The third-order valence-electron chi connectivity index (χ3n) is 13.1. The van der Waals surface area contributed by atoms with Gasteiger partial charge in [0.15, 0.2) is 0 Å². The third-order valence-corrected chi connectivity index (χ3v) is 13.1. The van der Waals surface area contributed by atoms with Gasteiger partial charge in [0.1, 0.15) is 17.3 Å². The van der Waals surface area contributed by atoms with Crippen LogP contribution < -0.4 is 0 Å². The lowest BCUT2D eigenvalue weighted by molar-refractivity contribution is -0.300. The van der Waals surface area contributed by atoms with E-state index in [0.717, 1.165) is 0 Å². The Hall–Kier alpha value is -2.12. The van der Waals surface area contributed by atoms with Crippen LogP contribution in [-0.4, -0.2) is 123 Å². The number of hydrogen-bond acceptors (Lipinski definition) is 11. The van der Waals surface area contributed by atoms with Gasteiger partial charge in [0.2, 0.25) is 0 Å². The van der Waals surface area contributed by atoms with Crippen LogP contribution in [-0.2, 0) is 33.2 Å². The topological polar surface area (TPSA) is 133 Å². The average Bonchev–Trinajstić information content (AvgIpc) is 3.40. The molecule has 1 aromatic carbocycles. The molecule has 11 heteroatoms. The van der Waals surface area contributed by atoms with E-state index in [4.69, 9.17) is 28.4 Å². The number of esters is 2. The molecule has 2 N–H and O–H groups in total. The summed E-state index contributed by atoms with van der Waals surface area (Å²) >= 11 is 0. The fourth-order valence-corrected chi connectivity index (χ4v) is 12.2. The van der Waals surface area contributed by atoms with Crippen LogP contribution in [0.2, 0.25) is 0 Å². The van der Waals surface area contributed by atoms with Crippen LogP contribution in [0.3, 0.4) is 0 Å². The SMILES string of the molecule is CCN1C[C@@]2(COC)[C@@H](O)C[C@@H](OC)[C@@]34C1[C@@H]([C@H](OC)[C@@H]23)[C@]1(OC(C)=O)C[C@@H](OC)[C@]2(O)C[C@H]4[C@H]1[C@@H]2OC(=O)c1ccccc1. The maximum Gasteiger partial charge on any atom is 0.338 e. The Bertz CT molecular complexity index is 1330. The van der Waals surface area contributed by atoms with Gasteiger partial charge in [-0.05, 0) is 31.0 Å². The maximum atomic E-state index is 13.7. The van der Waals surface area contributed by atoms with Gasteiger partial charge in [0, 0.05) is 89.4 Å². The first-order chi connectivity index (χ1) is 21.5. The van der Waals surface area contributed by atoms with E-state index in [0.29, 0.717) is 31.7 Å². The van der Waals surface area contributed by atoms with Crippen LogP contribution in [0.1, 0.15) is 43.5 Å². The number of likely N-dealkylation sites (tertiary alicyclic amines) is 1. The molecule has 5 saturated carbocycles. The van der Waals surface area contributed by atoms with Gasteiger partial charge in [-0.15, -0.1) is 0 Å². The van der Waals surface area contributed by atoms with Crippen molar-refractivity contribution in [2.45, 2.75) is 80.9 Å². The Morgan fingerprint density at radius 2 is 1.71 bits per heavy atom. The van der Waals surface area contributed by atoms with Gasteiger partial charge in [0.25, 0.3) is 0 Å². The quantitative estimate of drug-likeness (QED) is 0.387. The van der Waals surface area contributed by atoms with E-state index in [-0.39, 0.29) is 30.7 Å². The highest BCUT2D eigenvalue weighted by Crippen LogP contribution is 2.80. The predicted octanol–water partition coefficient (Wildman–Crippen LogP) is 1.68. The molecule has 14 atom stereocenters. The van der Waals surface area contributed by atoms with Crippen molar-refractivity contribution in [2.24, 2.45) is 34.5 Å². The summed E-state index contributed by atoms with van der Waals surface area (Å²) in [6, 6.07) is 8.56. The minimum atomic E-state index is -1.55. The monoisotopic (exact) mass is 629 g/mol. The second-order valence-electron chi connectivity index (χ2n) is 14.4. The van der Waals surface area contributed by atoms with Crippen molar-refractivity contribution in [3.05, 3.63) is 35.9 Å². The van der Waals surface area contributed by atoms with E-state index in [1.807, 2.05) is 6.07 Å². The molecular formula is C34H47NO10. The standard InChI is InChI=1S/C34H47NO10/c1-7-35-16-31(17-40-3)21(37)13-22(41-4)34-20-14-32(39)23(42-5)15-33(45-18(2)36,25(28(34)35)26(43-6)27(31)34)24(20)29(32)44-30(38)19-11-9-8-10-12-19/h8-12,20-29,37,39H,7,13-17H2,1-6H3/t20-,21-,22+,23+,24-,25+,26-,27-,28?,29-,31+,32+,33-,34+/m0/s1. The van der Waals surface area contributed by atoms with E-state index in [2.05, 4.69) is 11.8 Å². The largest absolute Gasteiger partial charge is 0.458 e. The first kappa shape index (κ1) is 31.5. The van der Waals surface area contributed by atoms with E-state index in [1.165, 1.54) is 6.92 Å². The molecule has 1 aliphatic heterocycles. The summed E-state index contributed by atoms with van der Waals surface area (Å²) in [5.41, 5.74) is -3.74. The third kappa shape index (κ3) is 3.72. The molecule has 1 heterocycles. The summed E-state index contributed by atoms with van der Waals surface area (Å²) < 4.78 is 37.9. The van der Waals surface area contributed by atoms with Gasteiger partial charge in [-0.25, -0.2) is 4.79 Å². The summed E-state index contributed by atoms with van der Waals surface area (Å²) in [6.07, 6.45) is -2.55. The minimum absolute atomic E-state index is 0.163. The van der Waals surface area contributed by atoms with Gasteiger partial charge < -0.3 is 38.6 Å². The fraction of sp³-hybridized carbons (Fsp3) is 0.765. The van der Waals surface area contributed by atoms with Crippen molar-refractivity contribution < 1.29 is 48.2 Å². The van der Waals surface area contributed by atoms with E-state index in [9.17, 15) is 19.8 Å². The van der Waals surface area contributed by atoms with Crippen LogP contribution in [0.15, 0.2) is 30.3 Å². The molecule has 0 radical (unpaired) electrons. The van der Waals surface area contributed by atoms with Crippen LogP contribution in [0.25, 0.3) is 0 Å². The van der Waals surface area contributed by atoms with Gasteiger partial charge in [-0.1, -0.05) is 25.1 Å². The number of benzene rings is 1. The summed E-state index contributed by atoms with van der Waals surface area (Å²) in [6.45, 7) is 5.08. The molecular weight excluding hydrogens is 582 g/mol. The molecule has 1 aromatic rings. The number of rotatable bonds is 9. The lowest BCUT2D eigenvalue weighted by Gasteiger charge is -2.70. The zero-order valence-corrected chi connectivity index (χ0v) is 27.0. The second kappa shape index (κ2) is 10.7. The smallest absolute Gasteiger partial charge is 0.338 e. The Kier molecular flexibility index (Phi) is 7.48. The number of ether oxygens (including phenoxy) is 6. The molecule has 1 unspecified atom stereocenters. The summed E-state index contributed by atoms with van der Waals surface area (Å²) in [7, 11) is 6.58.